The molecule has 4 aromatic heterocycles. The van der Waals surface area contributed by atoms with Crippen LogP contribution in [0.1, 0.15) is 48.6 Å². The number of pyridine rings is 2. The van der Waals surface area contributed by atoms with E-state index in [1.54, 1.807) is 23.7 Å². The average Bonchev–Trinajstić information content (AvgIpc) is 3.59. The van der Waals surface area contributed by atoms with Crippen molar-refractivity contribution in [2.75, 3.05) is 23.7 Å². The highest BCUT2D eigenvalue weighted by molar-refractivity contribution is 6.08. The zero-order valence-corrected chi connectivity index (χ0v) is 21.5. The smallest absolute Gasteiger partial charge is 0.278 e. The Morgan fingerprint density at radius 3 is 2.70 bits per heavy atom. The van der Waals surface area contributed by atoms with Crippen LogP contribution in [0.3, 0.4) is 0 Å². The van der Waals surface area contributed by atoms with Crippen molar-refractivity contribution in [2.24, 2.45) is 0 Å². The van der Waals surface area contributed by atoms with Gasteiger partial charge < -0.3 is 10.6 Å². The number of likely N-dealkylation sites (tertiary alicyclic amines) is 1. The van der Waals surface area contributed by atoms with E-state index in [9.17, 15) is 9.59 Å². The van der Waals surface area contributed by atoms with Crippen LogP contribution in [0.25, 0.3) is 16.6 Å². The van der Waals surface area contributed by atoms with Crippen LogP contribution in [0.5, 0.6) is 0 Å². The van der Waals surface area contributed by atoms with Crippen molar-refractivity contribution in [3.8, 4) is 11.1 Å². The summed E-state index contributed by atoms with van der Waals surface area (Å²) in [5.41, 5.74) is 5.29. The highest BCUT2D eigenvalue weighted by atomic mass is 16.2. The Bertz CT molecular complexity index is 1470. The van der Waals surface area contributed by atoms with Gasteiger partial charge in [0.2, 0.25) is 5.91 Å². The summed E-state index contributed by atoms with van der Waals surface area (Å²) in [5.74, 6) is -0.506. The van der Waals surface area contributed by atoms with E-state index in [-0.39, 0.29) is 11.6 Å². The molecule has 1 atom stereocenters. The Hall–Kier alpha value is -4.12. The van der Waals surface area contributed by atoms with Crippen LogP contribution in [0.2, 0.25) is 0 Å². The zero-order chi connectivity index (χ0) is 26.1. The number of rotatable bonds is 7. The maximum Gasteiger partial charge on any atom is 0.278 e. The van der Waals surface area contributed by atoms with Gasteiger partial charge in [-0.15, -0.1) is 5.10 Å². The van der Waals surface area contributed by atoms with E-state index >= 15 is 0 Å². The number of aromatic nitrogens is 6. The van der Waals surface area contributed by atoms with Crippen molar-refractivity contribution >= 4 is 28.7 Å². The number of aryl methyl sites for hydroxylation is 3. The first-order valence-electron chi connectivity index (χ1n) is 12.5. The predicted molar refractivity (Wildman–Crippen MR) is 140 cm³/mol. The molecule has 0 bridgehead atoms. The molecular weight excluding hydrogens is 470 g/mol. The molecule has 1 saturated heterocycles. The minimum absolute atomic E-state index is 0.100. The Labute approximate surface area is 214 Å². The lowest BCUT2D eigenvalue weighted by molar-refractivity contribution is -0.117. The number of hydrogen-bond donors (Lipinski definition) is 2. The molecule has 1 fully saturated rings. The van der Waals surface area contributed by atoms with Crippen LogP contribution in [0, 0.1) is 13.8 Å². The number of hydrogen-bond acceptors (Lipinski definition) is 7. The molecule has 1 aliphatic heterocycles. The number of amides is 2. The minimum Gasteiger partial charge on any atom is -0.324 e. The summed E-state index contributed by atoms with van der Waals surface area (Å²) in [7, 11) is 0. The minimum atomic E-state index is -0.406. The van der Waals surface area contributed by atoms with E-state index in [2.05, 4.69) is 42.9 Å². The summed E-state index contributed by atoms with van der Waals surface area (Å²) >= 11 is 0. The fourth-order valence-corrected chi connectivity index (χ4v) is 4.70. The fraction of sp³-hybridized carbons (Fsp3) is 0.385. The Kier molecular flexibility index (Phi) is 6.70. The first-order chi connectivity index (χ1) is 17.8. The second kappa shape index (κ2) is 10.1. The van der Waals surface area contributed by atoms with Crippen molar-refractivity contribution in [3.05, 3.63) is 53.9 Å². The molecule has 2 N–H and O–H groups in total. The Balaban J connectivity index is 1.31. The molecular formula is C26H31N9O2. The van der Waals surface area contributed by atoms with Crippen molar-refractivity contribution in [1.82, 2.24) is 34.5 Å². The van der Waals surface area contributed by atoms with Gasteiger partial charge in [0.15, 0.2) is 5.69 Å². The summed E-state index contributed by atoms with van der Waals surface area (Å²) in [5, 5.41) is 18.5. The third kappa shape index (κ3) is 5.08. The molecule has 5 heterocycles. The summed E-state index contributed by atoms with van der Waals surface area (Å²) in [6.45, 7) is 9.98. The van der Waals surface area contributed by atoms with E-state index in [0.29, 0.717) is 35.2 Å². The van der Waals surface area contributed by atoms with E-state index in [1.165, 1.54) is 0 Å². The van der Waals surface area contributed by atoms with E-state index < -0.39 is 5.91 Å². The topological polar surface area (TPSA) is 122 Å². The van der Waals surface area contributed by atoms with Crippen LogP contribution >= 0.6 is 0 Å². The number of nitrogens with one attached hydrogen (secondary N) is 2. The molecule has 37 heavy (non-hydrogen) atoms. The van der Waals surface area contributed by atoms with Crippen molar-refractivity contribution in [1.29, 1.82) is 0 Å². The second-order valence-electron chi connectivity index (χ2n) is 9.49. The molecule has 5 rings (SSSR count). The molecule has 0 aromatic carbocycles. The lowest BCUT2D eigenvalue weighted by atomic mass is 10.1. The predicted octanol–water partition coefficient (Wildman–Crippen LogP) is 3.30. The monoisotopic (exact) mass is 501 g/mol. The quantitative estimate of drug-likeness (QED) is 0.398. The van der Waals surface area contributed by atoms with Crippen molar-refractivity contribution in [2.45, 2.75) is 53.1 Å². The van der Waals surface area contributed by atoms with Crippen LogP contribution in [0.15, 0.2) is 36.8 Å². The van der Waals surface area contributed by atoms with Gasteiger partial charge in [-0.2, -0.15) is 5.10 Å². The number of fused-ring (bicyclic) bond motifs is 1. The van der Waals surface area contributed by atoms with Crippen LogP contribution in [0.4, 0.5) is 11.4 Å². The van der Waals surface area contributed by atoms with Gasteiger partial charge in [0.25, 0.3) is 5.91 Å². The van der Waals surface area contributed by atoms with Crippen LogP contribution in [-0.4, -0.2) is 65.4 Å². The third-order valence-corrected chi connectivity index (χ3v) is 6.87. The first kappa shape index (κ1) is 24.6. The molecule has 0 radical (unpaired) electrons. The van der Waals surface area contributed by atoms with Gasteiger partial charge in [0.05, 0.1) is 41.0 Å². The summed E-state index contributed by atoms with van der Waals surface area (Å²) in [4.78, 5) is 32.2. The van der Waals surface area contributed by atoms with Gasteiger partial charge in [0.1, 0.15) is 0 Å². The Morgan fingerprint density at radius 1 is 1.14 bits per heavy atom. The molecule has 0 saturated carbocycles. The zero-order valence-electron chi connectivity index (χ0n) is 21.5. The third-order valence-electron chi connectivity index (χ3n) is 6.87. The van der Waals surface area contributed by atoms with Crippen molar-refractivity contribution < 1.29 is 9.59 Å². The lowest BCUT2D eigenvalue weighted by Gasteiger charge is -2.20. The maximum absolute atomic E-state index is 13.1. The van der Waals surface area contributed by atoms with E-state index in [4.69, 9.17) is 0 Å². The normalized spacial score (nSPS) is 15.8. The summed E-state index contributed by atoms with van der Waals surface area (Å²) in [6, 6.07) is 5.88. The highest BCUT2D eigenvalue weighted by Crippen LogP contribution is 2.25. The molecule has 0 unspecified atom stereocenters. The van der Waals surface area contributed by atoms with Gasteiger partial charge in [-0.05, 0) is 59.2 Å². The van der Waals surface area contributed by atoms with Gasteiger partial charge >= 0.3 is 0 Å². The molecule has 2 amide bonds. The van der Waals surface area contributed by atoms with Crippen LogP contribution < -0.4 is 10.6 Å². The summed E-state index contributed by atoms with van der Waals surface area (Å²) in [6.07, 6.45) is 7.65. The Morgan fingerprint density at radius 2 is 1.97 bits per heavy atom. The number of carbonyl (C=O) groups is 2. The highest BCUT2D eigenvalue weighted by Gasteiger charge is 2.23. The molecule has 11 heteroatoms. The molecule has 0 spiro atoms. The average molecular weight is 502 g/mol. The SMILES string of the molecule is CCn1cc(-c2ccc3c(C(=O)Nc4cc(NC(=O)CN5CCC[C@@H]5C)cnc4C)nnn3c2)c(C)n1. The van der Waals surface area contributed by atoms with E-state index in [1.807, 2.05) is 43.1 Å². The fourth-order valence-electron chi connectivity index (χ4n) is 4.70. The summed E-state index contributed by atoms with van der Waals surface area (Å²) < 4.78 is 3.48. The number of anilines is 2. The standard InChI is InChI=1S/C26H31N9O2/c1-5-34-14-21(17(3)31-34)19-8-9-23-25(30-32-35(23)13-19)26(37)29-22-11-20(12-27-18(22)4)28-24(36)15-33-10-6-7-16(33)2/h8-9,11-14,16H,5-7,10,15H2,1-4H3,(H,28,36)(H,29,37)/t16-/m0/s1. The number of nitrogens with zero attached hydrogens (tertiary/aromatic N) is 7. The molecule has 11 nitrogen and oxygen atoms in total. The largest absolute Gasteiger partial charge is 0.324 e. The van der Waals surface area contributed by atoms with Gasteiger partial charge in [-0.1, -0.05) is 11.3 Å². The van der Waals surface area contributed by atoms with Gasteiger partial charge in [-0.25, -0.2) is 4.52 Å². The van der Waals surface area contributed by atoms with E-state index in [0.717, 1.165) is 42.8 Å². The van der Waals surface area contributed by atoms with Gasteiger partial charge in [0, 0.05) is 36.1 Å². The molecule has 4 aromatic rings. The lowest BCUT2D eigenvalue weighted by Crippen LogP contribution is -2.35. The molecule has 0 aliphatic carbocycles. The van der Waals surface area contributed by atoms with Crippen molar-refractivity contribution in [3.63, 3.8) is 0 Å². The first-order valence-corrected chi connectivity index (χ1v) is 12.5. The number of carbonyl (C=O) groups excluding carboxylic acids is 2. The molecule has 1 aliphatic rings. The van der Waals surface area contributed by atoms with Crippen LogP contribution in [-0.2, 0) is 11.3 Å². The van der Waals surface area contributed by atoms with Gasteiger partial charge in [-0.3, -0.25) is 24.2 Å². The molecule has 192 valence electrons. The second-order valence-corrected chi connectivity index (χ2v) is 9.49. The maximum atomic E-state index is 13.1.